The predicted octanol–water partition coefficient (Wildman–Crippen LogP) is 2.31. The lowest BCUT2D eigenvalue weighted by atomic mass is 9.86. The van der Waals surface area contributed by atoms with Crippen LogP contribution in [0.5, 0.6) is 0 Å². The van der Waals surface area contributed by atoms with Gasteiger partial charge in [-0.25, -0.2) is 0 Å². The van der Waals surface area contributed by atoms with Gasteiger partial charge < -0.3 is 5.11 Å². The molecule has 13 heavy (non-hydrogen) atoms. The van der Waals surface area contributed by atoms with E-state index in [2.05, 4.69) is 13.8 Å². The van der Waals surface area contributed by atoms with Gasteiger partial charge in [-0.05, 0) is 18.3 Å². The van der Waals surface area contributed by atoms with Gasteiger partial charge in [0.05, 0.1) is 6.26 Å². The molecule has 0 aliphatic heterocycles. The van der Waals surface area contributed by atoms with E-state index in [0.29, 0.717) is 17.4 Å². The quantitative estimate of drug-likeness (QED) is 0.496. The van der Waals surface area contributed by atoms with Crippen LogP contribution in [0.2, 0.25) is 0 Å². The molecule has 0 heterocycles. The van der Waals surface area contributed by atoms with Gasteiger partial charge in [0.2, 0.25) is 0 Å². The average molecular weight is 180 g/mol. The van der Waals surface area contributed by atoms with Crippen molar-refractivity contribution in [3.63, 3.8) is 0 Å². The molecule has 72 valence electrons. The maximum absolute atomic E-state index is 11.7. The van der Waals surface area contributed by atoms with E-state index in [-0.39, 0.29) is 17.1 Å². The molecule has 2 aliphatic rings. The molecule has 0 radical (unpaired) electrons. The second kappa shape index (κ2) is 2.37. The van der Waals surface area contributed by atoms with Crippen LogP contribution in [-0.2, 0) is 4.79 Å². The summed E-state index contributed by atoms with van der Waals surface area (Å²) in [6, 6.07) is 0. The van der Waals surface area contributed by atoms with Gasteiger partial charge in [0.15, 0.2) is 5.78 Å². The Kier molecular flexibility index (Phi) is 1.60. The van der Waals surface area contributed by atoms with Crippen LogP contribution in [0.1, 0.15) is 27.2 Å². The molecule has 0 amide bonds. The van der Waals surface area contributed by atoms with E-state index >= 15 is 0 Å². The largest absolute Gasteiger partial charge is 0.515 e. The minimum atomic E-state index is 0.0330. The van der Waals surface area contributed by atoms with E-state index in [1.54, 1.807) is 0 Å². The Morgan fingerprint density at radius 3 is 2.62 bits per heavy atom. The number of ketones is 1. The zero-order valence-electron chi connectivity index (χ0n) is 8.37. The number of hydrogen-bond acceptors (Lipinski definition) is 2. The Hall–Kier alpha value is -0.790. The number of aliphatic hydroxyl groups excluding tert-OH is 1. The molecule has 0 bridgehead atoms. The lowest BCUT2D eigenvalue weighted by molar-refractivity contribution is -0.118. The standard InChI is InChI=1S/C11H16O2/c1-6(2)11-4-8(11)7(3)10(13)9(11)5-12/h5-8,12H,4H2,1-3H3/b9-5+/t7-,8+,11-/m0/s1. The number of Topliss-reactive ketones (excluding diaryl/α,β-unsaturated/α-hetero) is 1. The highest BCUT2D eigenvalue weighted by molar-refractivity contribution is 6.02. The van der Waals surface area contributed by atoms with Gasteiger partial charge >= 0.3 is 0 Å². The van der Waals surface area contributed by atoms with E-state index in [1.807, 2.05) is 6.92 Å². The van der Waals surface area contributed by atoms with E-state index in [0.717, 1.165) is 12.7 Å². The van der Waals surface area contributed by atoms with Gasteiger partial charge in [-0.3, -0.25) is 4.79 Å². The van der Waals surface area contributed by atoms with Crippen molar-refractivity contribution in [3.05, 3.63) is 11.8 Å². The SMILES string of the molecule is CC(C)[C@@]12C[C@@H]1[C@H](C)C(=O)/C2=C\O. The average Bonchev–Trinajstić information content (AvgIpc) is 2.76. The van der Waals surface area contributed by atoms with Crippen LogP contribution >= 0.6 is 0 Å². The van der Waals surface area contributed by atoms with Crippen molar-refractivity contribution in [2.24, 2.45) is 23.2 Å². The summed E-state index contributed by atoms with van der Waals surface area (Å²) in [6.45, 7) is 6.25. The zero-order chi connectivity index (χ0) is 9.80. The van der Waals surface area contributed by atoms with Crippen LogP contribution < -0.4 is 0 Å². The maximum atomic E-state index is 11.7. The van der Waals surface area contributed by atoms with E-state index < -0.39 is 0 Å². The van der Waals surface area contributed by atoms with Crippen molar-refractivity contribution < 1.29 is 9.90 Å². The zero-order valence-corrected chi connectivity index (χ0v) is 8.37. The summed E-state index contributed by atoms with van der Waals surface area (Å²) in [5.74, 6) is 1.25. The number of allylic oxidation sites excluding steroid dienone is 1. The number of carbonyl (C=O) groups excluding carboxylic acids is 1. The van der Waals surface area contributed by atoms with Crippen LogP contribution in [0, 0.1) is 23.2 Å². The molecule has 2 saturated carbocycles. The normalized spacial score (nSPS) is 45.8. The smallest absolute Gasteiger partial charge is 0.165 e. The monoisotopic (exact) mass is 180 g/mol. The van der Waals surface area contributed by atoms with Crippen molar-refractivity contribution in [3.8, 4) is 0 Å². The fourth-order valence-corrected chi connectivity index (χ4v) is 3.05. The van der Waals surface area contributed by atoms with Gasteiger partial charge in [0, 0.05) is 16.9 Å². The van der Waals surface area contributed by atoms with Gasteiger partial charge in [0.25, 0.3) is 0 Å². The molecular formula is C11H16O2. The van der Waals surface area contributed by atoms with Crippen molar-refractivity contribution in [1.29, 1.82) is 0 Å². The second-order valence-corrected chi connectivity index (χ2v) is 4.70. The first-order valence-electron chi connectivity index (χ1n) is 4.94. The number of carbonyl (C=O) groups is 1. The van der Waals surface area contributed by atoms with Gasteiger partial charge in [-0.1, -0.05) is 20.8 Å². The summed E-state index contributed by atoms with van der Waals surface area (Å²) < 4.78 is 0. The van der Waals surface area contributed by atoms with E-state index in [1.165, 1.54) is 0 Å². The Labute approximate surface area is 78.6 Å². The minimum Gasteiger partial charge on any atom is -0.515 e. The van der Waals surface area contributed by atoms with Gasteiger partial charge in [-0.15, -0.1) is 0 Å². The summed E-state index contributed by atoms with van der Waals surface area (Å²) >= 11 is 0. The van der Waals surface area contributed by atoms with Crippen molar-refractivity contribution in [2.75, 3.05) is 0 Å². The lowest BCUT2D eigenvalue weighted by Gasteiger charge is -2.17. The first-order chi connectivity index (χ1) is 6.05. The number of aliphatic hydroxyl groups is 1. The molecule has 2 nitrogen and oxygen atoms in total. The summed E-state index contributed by atoms with van der Waals surface area (Å²) in [5.41, 5.74) is 0.714. The molecule has 2 aliphatic carbocycles. The Balaban J connectivity index is 2.41. The maximum Gasteiger partial charge on any atom is 0.165 e. The van der Waals surface area contributed by atoms with Crippen LogP contribution in [0.15, 0.2) is 11.8 Å². The fraction of sp³-hybridized carbons (Fsp3) is 0.727. The van der Waals surface area contributed by atoms with E-state index in [4.69, 9.17) is 5.11 Å². The molecule has 0 spiro atoms. The van der Waals surface area contributed by atoms with Gasteiger partial charge in [0.1, 0.15) is 0 Å². The third-order valence-corrected chi connectivity index (χ3v) is 4.00. The summed E-state index contributed by atoms with van der Waals surface area (Å²) in [4.78, 5) is 11.7. The minimum absolute atomic E-state index is 0.0330. The lowest BCUT2D eigenvalue weighted by Crippen LogP contribution is -2.15. The summed E-state index contributed by atoms with van der Waals surface area (Å²) in [6.07, 6.45) is 2.13. The first-order valence-corrected chi connectivity index (χ1v) is 4.94. The number of rotatable bonds is 1. The molecule has 2 rings (SSSR count). The van der Waals surface area contributed by atoms with Crippen LogP contribution in [0.4, 0.5) is 0 Å². The molecule has 0 aromatic carbocycles. The summed E-state index contributed by atoms with van der Waals surface area (Å²) in [7, 11) is 0. The van der Waals surface area contributed by atoms with Crippen molar-refractivity contribution in [1.82, 2.24) is 0 Å². The topological polar surface area (TPSA) is 37.3 Å². The molecule has 0 saturated heterocycles. The molecule has 0 aromatic heterocycles. The fourth-order valence-electron chi connectivity index (χ4n) is 3.05. The van der Waals surface area contributed by atoms with Crippen LogP contribution in [0.25, 0.3) is 0 Å². The number of fused-ring (bicyclic) bond motifs is 1. The third kappa shape index (κ3) is 0.812. The number of hydrogen-bond donors (Lipinski definition) is 1. The second-order valence-electron chi connectivity index (χ2n) is 4.70. The van der Waals surface area contributed by atoms with Crippen LogP contribution in [-0.4, -0.2) is 10.9 Å². The molecule has 0 unspecified atom stereocenters. The van der Waals surface area contributed by atoms with Crippen LogP contribution in [0.3, 0.4) is 0 Å². The molecule has 2 fully saturated rings. The van der Waals surface area contributed by atoms with Gasteiger partial charge in [-0.2, -0.15) is 0 Å². The third-order valence-electron chi connectivity index (χ3n) is 4.00. The Morgan fingerprint density at radius 2 is 2.23 bits per heavy atom. The first kappa shape index (κ1) is 8.79. The van der Waals surface area contributed by atoms with Crippen molar-refractivity contribution in [2.45, 2.75) is 27.2 Å². The Morgan fingerprint density at radius 1 is 1.62 bits per heavy atom. The highest BCUT2D eigenvalue weighted by Gasteiger charge is 2.68. The molecule has 2 heteroatoms. The summed E-state index contributed by atoms with van der Waals surface area (Å²) in [5, 5.41) is 9.08. The Bertz CT molecular complexity index is 290. The molecular weight excluding hydrogens is 164 g/mol. The highest BCUT2D eigenvalue weighted by Crippen LogP contribution is 2.70. The molecule has 0 aromatic rings. The molecule has 3 atom stereocenters. The van der Waals surface area contributed by atoms with E-state index in [9.17, 15) is 4.79 Å². The molecule has 1 N–H and O–H groups in total. The van der Waals surface area contributed by atoms with Crippen molar-refractivity contribution >= 4 is 5.78 Å². The predicted molar refractivity (Wildman–Crippen MR) is 50.3 cm³/mol. The highest BCUT2D eigenvalue weighted by atomic mass is 16.2.